The Bertz CT molecular complexity index is 501. The summed E-state index contributed by atoms with van der Waals surface area (Å²) >= 11 is 0. The lowest BCUT2D eigenvalue weighted by Crippen LogP contribution is -2.38. The number of hydrogen-bond acceptors (Lipinski definition) is 4. The maximum atomic E-state index is 14.6. The highest BCUT2D eigenvalue weighted by atomic mass is 19.1. The first-order valence-electron chi connectivity index (χ1n) is 5.26. The molecule has 17 heavy (non-hydrogen) atoms. The predicted octanol–water partition coefficient (Wildman–Crippen LogP) is 1.70. The minimum Gasteiger partial charge on any atom is -0.466 e. The molecule has 0 saturated heterocycles. The monoisotopic (exact) mass is 237 g/mol. The molecule has 1 aliphatic rings. The summed E-state index contributed by atoms with van der Waals surface area (Å²) in [7, 11) is 1.13. The van der Waals surface area contributed by atoms with Crippen LogP contribution in [-0.2, 0) is 15.2 Å². The summed E-state index contributed by atoms with van der Waals surface area (Å²) in [6.07, 6.45) is 1.27. The molecule has 0 spiro atoms. The number of hydrogen-bond donors (Lipinski definition) is 0. The largest absolute Gasteiger partial charge is 0.466 e. The van der Waals surface area contributed by atoms with Gasteiger partial charge in [-0.25, -0.2) is 9.18 Å². The van der Waals surface area contributed by atoms with Gasteiger partial charge in [-0.05, 0) is 18.6 Å². The van der Waals surface area contributed by atoms with Gasteiger partial charge in [0.2, 0.25) is 5.67 Å². The molecule has 0 aliphatic heterocycles. The molecule has 0 radical (unpaired) electrons. The molecule has 0 N–H and O–H groups in total. The molecular weight excluding hydrogens is 225 g/mol. The number of ether oxygens (including phenoxy) is 1. The standard InChI is InChI=1S/C12H12FNO3/c1-7-5-8-10(14-6-7)9(15)3-4-12(8,13)11(16)17-2/h5-6H,3-4H2,1-2H3. The van der Waals surface area contributed by atoms with E-state index in [1.54, 1.807) is 6.92 Å². The maximum Gasteiger partial charge on any atom is 0.348 e. The smallest absolute Gasteiger partial charge is 0.348 e. The molecular formula is C12H12FNO3. The van der Waals surface area contributed by atoms with Crippen molar-refractivity contribution < 1.29 is 18.7 Å². The lowest BCUT2D eigenvalue weighted by Gasteiger charge is -2.28. The number of ketones is 1. The average Bonchev–Trinajstić information content (AvgIpc) is 2.33. The highest BCUT2D eigenvalue weighted by Gasteiger charge is 2.48. The SMILES string of the molecule is COC(=O)C1(F)CCC(=O)c2ncc(C)cc21. The van der Waals surface area contributed by atoms with Gasteiger partial charge in [0.25, 0.3) is 0 Å². The van der Waals surface area contributed by atoms with Crippen molar-refractivity contribution in [3.63, 3.8) is 0 Å². The van der Waals surface area contributed by atoms with Crippen LogP contribution in [0.1, 0.15) is 34.5 Å². The lowest BCUT2D eigenvalue weighted by atomic mass is 9.82. The summed E-state index contributed by atoms with van der Waals surface area (Å²) in [6.45, 7) is 1.73. The molecule has 1 aromatic rings. The molecule has 0 saturated carbocycles. The van der Waals surface area contributed by atoms with Crippen LogP contribution in [0.15, 0.2) is 12.3 Å². The van der Waals surface area contributed by atoms with Gasteiger partial charge in [0.05, 0.1) is 7.11 Å². The zero-order valence-electron chi connectivity index (χ0n) is 9.62. The summed E-state index contributed by atoms with van der Waals surface area (Å²) in [5.74, 6) is -1.21. The van der Waals surface area contributed by atoms with Crippen molar-refractivity contribution in [2.75, 3.05) is 7.11 Å². The number of fused-ring (bicyclic) bond motifs is 1. The van der Waals surface area contributed by atoms with Gasteiger partial charge >= 0.3 is 5.97 Å². The van der Waals surface area contributed by atoms with Crippen molar-refractivity contribution in [2.45, 2.75) is 25.4 Å². The van der Waals surface area contributed by atoms with Crippen LogP contribution in [0, 0.1) is 6.92 Å². The number of pyridine rings is 1. The van der Waals surface area contributed by atoms with Crippen LogP contribution >= 0.6 is 0 Å². The van der Waals surface area contributed by atoms with Crippen molar-refractivity contribution >= 4 is 11.8 Å². The van der Waals surface area contributed by atoms with Gasteiger partial charge in [-0.2, -0.15) is 0 Å². The van der Waals surface area contributed by atoms with E-state index in [4.69, 9.17) is 0 Å². The fourth-order valence-electron chi connectivity index (χ4n) is 2.01. The Kier molecular flexibility index (Phi) is 2.69. The number of carbonyl (C=O) groups is 2. The van der Waals surface area contributed by atoms with Crippen molar-refractivity contribution in [3.8, 4) is 0 Å². The second-order valence-electron chi connectivity index (χ2n) is 4.12. The lowest BCUT2D eigenvalue weighted by molar-refractivity contribution is -0.156. The Morgan fingerprint density at radius 3 is 2.94 bits per heavy atom. The fraction of sp³-hybridized carbons (Fsp3) is 0.417. The highest BCUT2D eigenvalue weighted by Crippen LogP contribution is 2.39. The van der Waals surface area contributed by atoms with Gasteiger partial charge in [0.15, 0.2) is 5.78 Å². The van der Waals surface area contributed by atoms with E-state index in [0.717, 1.165) is 7.11 Å². The van der Waals surface area contributed by atoms with Gasteiger partial charge < -0.3 is 4.74 Å². The van der Waals surface area contributed by atoms with Crippen LogP contribution in [0.25, 0.3) is 0 Å². The number of Topliss-reactive ketones (excluding diaryl/α,β-unsaturated/α-hetero) is 1. The maximum absolute atomic E-state index is 14.6. The highest BCUT2D eigenvalue weighted by molar-refractivity contribution is 6.00. The number of esters is 1. The van der Waals surface area contributed by atoms with E-state index in [1.165, 1.54) is 12.3 Å². The Morgan fingerprint density at radius 1 is 1.59 bits per heavy atom. The van der Waals surface area contributed by atoms with Crippen LogP contribution < -0.4 is 0 Å². The molecule has 1 atom stereocenters. The van der Waals surface area contributed by atoms with Gasteiger partial charge in [0.1, 0.15) is 5.69 Å². The molecule has 5 heteroatoms. The van der Waals surface area contributed by atoms with Crippen LogP contribution in [0.5, 0.6) is 0 Å². The zero-order valence-corrected chi connectivity index (χ0v) is 9.62. The van der Waals surface area contributed by atoms with E-state index in [9.17, 15) is 14.0 Å². The minimum absolute atomic E-state index is 0.0283. The second kappa shape index (κ2) is 3.91. The van der Waals surface area contributed by atoms with Crippen LogP contribution in [0.2, 0.25) is 0 Å². The topological polar surface area (TPSA) is 56.3 Å². The Balaban J connectivity index is 2.62. The average molecular weight is 237 g/mol. The van der Waals surface area contributed by atoms with E-state index in [0.29, 0.717) is 5.56 Å². The second-order valence-corrected chi connectivity index (χ2v) is 4.12. The molecule has 1 heterocycles. The predicted molar refractivity (Wildman–Crippen MR) is 57.3 cm³/mol. The molecule has 1 aliphatic carbocycles. The van der Waals surface area contributed by atoms with Crippen LogP contribution in [-0.4, -0.2) is 23.8 Å². The number of carbonyl (C=O) groups excluding carboxylic acids is 2. The molecule has 0 aromatic carbocycles. The Labute approximate surface area is 97.8 Å². The summed E-state index contributed by atoms with van der Waals surface area (Å²) in [4.78, 5) is 27.1. The first-order valence-corrected chi connectivity index (χ1v) is 5.26. The molecule has 0 fully saturated rings. The number of alkyl halides is 1. The number of aryl methyl sites for hydroxylation is 1. The molecule has 0 bridgehead atoms. The number of methoxy groups -OCH3 is 1. The molecule has 1 unspecified atom stereocenters. The molecule has 0 amide bonds. The van der Waals surface area contributed by atoms with E-state index >= 15 is 0 Å². The fourth-order valence-corrected chi connectivity index (χ4v) is 2.01. The summed E-state index contributed by atoms with van der Waals surface area (Å²) < 4.78 is 19.1. The normalized spacial score (nSPS) is 23.1. The zero-order chi connectivity index (χ0) is 12.6. The third-order valence-electron chi connectivity index (χ3n) is 2.92. The summed E-state index contributed by atoms with van der Waals surface area (Å²) in [5.41, 5.74) is -1.49. The molecule has 1 aromatic heterocycles. The number of aromatic nitrogens is 1. The van der Waals surface area contributed by atoms with E-state index < -0.39 is 11.6 Å². The van der Waals surface area contributed by atoms with Crippen molar-refractivity contribution in [2.24, 2.45) is 0 Å². The minimum atomic E-state index is -2.25. The van der Waals surface area contributed by atoms with E-state index in [-0.39, 0.29) is 29.9 Å². The number of rotatable bonds is 1. The quantitative estimate of drug-likeness (QED) is 0.697. The molecule has 90 valence electrons. The van der Waals surface area contributed by atoms with Crippen LogP contribution in [0.4, 0.5) is 4.39 Å². The molecule has 2 rings (SSSR count). The van der Waals surface area contributed by atoms with E-state index in [2.05, 4.69) is 9.72 Å². The number of halogens is 1. The molecule has 4 nitrogen and oxygen atoms in total. The summed E-state index contributed by atoms with van der Waals surface area (Å²) in [6, 6.07) is 1.48. The van der Waals surface area contributed by atoms with Crippen molar-refractivity contribution in [1.82, 2.24) is 4.98 Å². The third kappa shape index (κ3) is 1.71. The van der Waals surface area contributed by atoms with Gasteiger partial charge in [-0.15, -0.1) is 0 Å². The van der Waals surface area contributed by atoms with Crippen molar-refractivity contribution in [1.29, 1.82) is 0 Å². The first kappa shape index (κ1) is 11.7. The Morgan fingerprint density at radius 2 is 2.29 bits per heavy atom. The van der Waals surface area contributed by atoms with E-state index in [1.807, 2.05) is 0 Å². The van der Waals surface area contributed by atoms with Gasteiger partial charge in [0, 0.05) is 24.6 Å². The third-order valence-corrected chi connectivity index (χ3v) is 2.92. The summed E-state index contributed by atoms with van der Waals surface area (Å²) in [5, 5.41) is 0. The van der Waals surface area contributed by atoms with Crippen LogP contribution in [0.3, 0.4) is 0 Å². The Hall–Kier alpha value is -1.78. The first-order chi connectivity index (χ1) is 7.99. The number of nitrogens with zero attached hydrogens (tertiary/aromatic N) is 1. The van der Waals surface area contributed by atoms with Gasteiger partial charge in [-0.3, -0.25) is 9.78 Å². The van der Waals surface area contributed by atoms with Crippen molar-refractivity contribution in [3.05, 3.63) is 29.1 Å². The van der Waals surface area contributed by atoms with Gasteiger partial charge in [-0.1, -0.05) is 0 Å².